The summed E-state index contributed by atoms with van der Waals surface area (Å²) in [5.74, 6) is -0.697. The minimum atomic E-state index is -1.17. The van der Waals surface area contributed by atoms with E-state index in [9.17, 15) is 9.00 Å². The third kappa shape index (κ3) is 4.12. The van der Waals surface area contributed by atoms with Gasteiger partial charge in [-0.05, 0) is 24.6 Å². The average molecular weight is 242 g/mol. The average Bonchev–Trinajstić information content (AvgIpc) is 2.26. The number of carbonyl (C=O) groups is 1. The Kier molecular flexibility index (Phi) is 5.14. The Hall–Kier alpha value is -1.20. The van der Waals surface area contributed by atoms with Gasteiger partial charge in [0.25, 0.3) is 0 Å². The van der Waals surface area contributed by atoms with Gasteiger partial charge in [0.15, 0.2) is 0 Å². The minimum absolute atomic E-state index is 0.0155. The summed E-state index contributed by atoms with van der Waals surface area (Å²) in [5.41, 5.74) is 0.699. The van der Waals surface area contributed by atoms with Crippen molar-refractivity contribution in [2.75, 3.05) is 12.5 Å². The second-order valence-electron chi connectivity index (χ2n) is 3.17. The topological polar surface area (TPSA) is 63.6 Å². The molecular weight excluding hydrogens is 228 g/mol. The molecule has 1 N–H and O–H groups in total. The maximum Gasteiger partial charge on any atom is 0.307 e. The molecule has 0 radical (unpaired) electrons. The van der Waals surface area contributed by atoms with E-state index in [1.807, 2.05) is 6.92 Å². The number of carboxylic acid groups (broad SMARTS) is 1. The zero-order chi connectivity index (χ0) is 12.0. The number of hydrogen-bond donors (Lipinski definition) is 1. The van der Waals surface area contributed by atoms with Crippen LogP contribution in [0, 0.1) is 0 Å². The van der Waals surface area contributed by atoms with Gasteiger partial charge in [0.2, 0.25) is 0 Å². The summed E-state index contributed by atoms with van der Waals surface area (Å²) in [6.45, 7) is 2.37. The van der Waals surface area contributed by atoms with Crippen LogP contribution in [-0.4, -0.2) is 27.8 Å². The Balaban J connectivity index is 2.63. The van der Waals surface area contributed by atoms with E-state index >= 15 is 0 Å². The van der Waals surface area contributed by atoms with Gasteiger partial charge in [0, 0.05) is 11.5 Å². The van der Waals surface area contributed by atoms with Crippen molar-refractivity contribution in [3.63, 3.8) is 0 Å². The van der Waals surface area contributed by atoms with Crippen molar-refractivity contribution in [3.05, 3.63) is 29.8 Å². The van der Waals surface area contributed by atoms with E-state index in [0.29, 0.717) is 17.1 Å². The van der Waals surface area contributed by atoms with E-state index in [1.54, 1.807) is 24.3 Å². The van der Waals surface area contributed by atoms with Crippen LogP contribution in [0.1, 0.15) is 12.5 Å². The molecular formula is C11H14O4S. The number of benzene rings is 1. The molecule has 0 saturated carbocycles. The summed E-state index contributed by atoms with van der Waals surface area (Å²) in [6.07, 6.45) is -0.0155. The predicted molar refractivity (Wildman–Crippen MR) is 60.7 cm³/mol. The molecule has 0 bridgehead atoms. The molecule has 0 aliphatic rings. The SMILES string of the molecule is CCOCS(=O)c1ccc(CC(=O)O)cc1. The summed E-state index contributed by atoms with van der Waals surface area (Å²) in [5, 5.41) is 8.58. The zero-order valence-corrected chi connectivity index (χ0v) is 9.83. The van der Waals surface area contributed by atoms with Crippen molar-refractivity contribution in [2.45, 2.75) is 18.2 Å². The molecule has 1 rings (SSSR count). The van der Waals surface area contributed by atoms with Gasteiger partial charge >= 0.3 is 5.97 Å². The smallest absolute Gasteiger partial charge is 0.307 e. The van der Waals surface area contributed by atoms with Gasteiger partial charge in [0.05, 0.1) is 17.2 Å². The second kappa shape index (κ2) is 6.40. The zero-order valence-electron chi connectivity index (χ0n) is 9.01. The summed E-state index contributed by atoms with van der Waals surface area (Å²) in [6, 6.07) is 6.70. The number of aliphatic carboxylic acids is 1. The Morgan fingerprint density at radius 1 is 1.38 bits per heavy atom. The first-order chi connectivity index (χ1) is 7.63. The van der Waals surface area contributed by atoms with E-state index in [4.69, 9.17) is 9.84 Å². The maximum absolute atomic E-state index is 11.6. The molecule has 0 amide bonds. The highest BCUT2D eigenvalue weighted by atomic mass is 32.2. The van der Waals surface area contributed by atoms with Gasteiger partial charge in [-0.1, -0.05) is 12.1 Å². The fourth-order valence-electron chi connectivity index (χ4n) is 1.16. The maximum atomic E-state index is 11.6. The summed E-state index contributed by atoms with van der Waals surface area (Å²) >= 11 is 0. The lowest BCUT2D eigenvalue weighted by Crippen LogP contribution is -2.03. The molecule has 1 aromatic rings. The van der Waals surface area contributed by atoms with Gasteiger partial charge in [0.1, 0.15) is 5.94 Å². The van der Waals surface area contributed by atoms with Crippen LogP contribution in [0.25, 0.3) is 0 Å². The minimum Gasteiger partial charge on any atom is -0.481 e. The number of rotatable bonds is 6. The molecule has 5 heteroatoms. The first kappa shape index (κ1) is 12.9. The highest BCUT2D eigenvalue weighted by molar-refractivity contribution is 7.84. The molecule has 0 spiro atoms. The van der Waals surface area contributed by atoms with Gasteiger partial charge in [-0.2, -0.15) is 0 Å². The Labute approximate surface area is 96.7 Å². The van der Waals surface area contributed by atoms with Crippen LogP contribution in [0.15, 0.2) is 29.2 Å². The largest absolute Gasteiger partial charge is 0.481 e. The Morgan fingerprint density at radius 3 is 2.50 bits per heavy atom. The van der Waals surface area contributed by atoms with Crippen molar-refractivity contribution in [1.82, 2.24) is 0 Å². The van der Waals surface area contributed by atoms with E-state index in [2.05, 4.69) is 0 Å². The van der Waals surface area contributed by atoms with Gasteiger partial charge in [-0.3, -0.25) is 9.00 Å². The van der Waals surface area contributed by atoms with Crippen LogP contribution in [0.5, 0.6) is 0 Å². The molecule has 1 aromatic carbocycles. The fraction of sp³-hybridized carbons (Fsp3) is 0.364. The van der Waals surface area contributed by atoms with Crippen molar-refractivity contribution < 1.29 is 18.8 Å². The van der Waals surface area contributed by atoms with Crippen LogP contribution in [-0.2, 0) is 26.8 Å². The number of carboxylic acids is 1. The first-order valence-electron chi connectivity index (χ1n) is 4.90. The highest BCUT2D eigenvalue weighted by Crippen LogP contribution is 2.09. The molecule has 16 heavy (non-hydrogen) atoms. The lowest BCUT2D eigenvalue weighted by atomic mass is 10.2. The lowest BCUT2D eigenvalue weighted by molar-refractivity contribution is -0.136. The Bertz CT molecular complexity index is 372. The van der Waals surface area contributed by atoms with Gasteiger partial charge in [-0.25, -0.2) is 0 Å². The molecule has 0 aliphatic heterocycles. The molecule has 0 aromatic heterocycles. The van der Waals surface area contributed by atoms with Crippen molar-refractivity contribution in [2.24, 2.45) is 0 Å². The standard InChI is InChI=1S/C11H14O4S/c1-2-15-8-16(14)10-5-3-9(4-6-10)7-11(12)13/h3-6H,2,7-8H2,1H3,(H,12,13). The molecule has 0 heterocycles. The van der Waals surface area contributed by atoms with Crippen LogP contribution in [0.2, 0.25) is 0 Å². The lowest BCUT2D eigenvalue weighted by Gasteiger charge is -2.03. The van der Waals surface area contributed by atoms with Crippen LogP contribution in [0.4, 0.5) is 0 Å². The monoisotopic (exact) mass is 242 g/mol. The summed E-state index contributed by atoms with van der Waals surface area (Å²) < 4.78 is 16.7. The van der Waals surface area contributed by atoms with Crippen molar-refractivity contribution in [3.8, 4) is 0 Å². The quantitative estimate of drug-likeness (QED) is 0.819. The molecule has 0 saturated heterocycles. The molecule has 0 aliphatic carbocycles. The highest BCUT2D eigenvalue weighted by Gasteiger charge is 2.05. The van der Waals surface area contributed by atoms with Crippen LogP contribution in [0.3, 0.4) is 0 Å². The molecule has 1 atom stereocenters. The van der Waals surface area contributed by atoms with E-state index in [1.165, 1.54) is 0 Å². The molecule has 1 unspecified atom stereocenters. The van der Waals surface area contributed by atoms with Crippen molar-refractivity contribution in [1.29, 1.82) is 0 Å². The molecule has 0 fully saturated rings. The normalized spacial score (nSPS) is 12.3. The summed E-state index contributed by atoms with van der Waals surface area (Å²) in [4.78, 5) is 11.1. The van der Waals surface area contributed by atoms with Gasteiger partial charge < -0.3 is 9.84 Å². The van der Waals surface area contributed by atoms with Crippen LogP contribution < -0.4 is 0 Å². The summed E-state index contributed by atoms with van der Waals surface area (Å²) in [7, 11) is -1.17. The van der Waals surface area contributed by atoms with Crippen LogP contribution >= 0.6 is 0 Å². The third-order valence-electron chi connectivity index (χ3n) is 1.94. The van der Waals surface area contributed by atoms with E-state index in [-0.39, 0.29) is 12.4 Å². The van der Waals surface area contributed by atoms with E-state index in [0.717, 1.165) is 0 Å². The van der Waals surface area contributed by atoms with E-state index < -0.39 is 16.8 Å². The number of ether oxygens (including phenoxy) is 1. The third-order valence-corrected chi connectivity index (χ3v) is 3.11. The number of hydrogen-bond acceptors (Lipinski definition) is 3. The van der Waals surface area contributed by atoms with Gasteiger partial charge in [-0.15, -0.1) is 0 Å². The molecule has 88 valence electrons. The predicted octanol–water partition coefficient (Wildman–Crippen LogP) is 1.42. The first-order valence-corrected chi connectivity index (χ1v) is 6.22. The van der Waals surface area contributed by atoms with Crippen molar-refractivity contribution >= 4 is 16.8 Å². The molecule has 4 nitrogen and oxygen atoms in total. The fourth-order valence-corrected chi connectivity index (χ4v) is 2.05. The Morgan fingerprint density at radius 2 is 2.00 bits per heavy atom. The second-order valence-corrected chi connectivity index (χ2v) is 4.57.